The monoisotopic (exact) mass is 417 g/mol. The van der Waals surface area contributed by atoms with Gasteiger partial charge in [0, 0.05) is 63.1 Å². The van der Waals surface area contributed by atoms with Crippen LogP contribution >= 0.6 is 0 Å². The van der Waals surface area contributed by atoms with Gasteiger partial charge in [-0.3, -0.25) is 24.6 Å². The summed E-state index contributed by atoms with van der Waals surface area (Å²) in [6.45, 7) is 3.45. The van der Waals surface area contributed by atoms with Crippen molar-refractivity contribution in [2.24, 2.45) is 11.8 Å². The lowest BCUT2D eigenvalue weighted by atomic mass is 9.88. The number of ether oxygens (including phenoxy) is 1. The minimum atomic E-state index is -0.0882. The molecule has 0 unspecified atom stereocenters. The second-order valence-electron chi connectivity index (χ2n) is 7.93. The van der Waals surface area contributed by atoms with Crippen LogP contribution < -0.4 is 10.1 Å². The zero-order valence-electron chi connectivity index (χ0n) is 17.4. The van der Waals surface area contributed by atoms with Gasteiger partial charge in [-0.15, -0.1) is 0 Å². The minimum absolute atomic E-state index is 0.0784. The summed E-state index contributed by atoms with van der Waals surface area (Å²) < 4.78 is 5.96. The first kappa shape index (κ1) is 20.9. The number of rotatable bonds is 8. The first-order valence-corrected chi connectivity index (χ1v) is 10.6. The van der Waals surface area contributed by atoms with Crippen LogP contribution in [0.2, 0.25) is 0 Å². The summed E-state index contributed by atoms with van der Waals surface area (Å²) in [5, 5.41) is 3.08. The number of hydrogen-bond donors (Lipinski definition) is 1. The highest BCUT2D eigenvalue weighted by Gasteiger charge is 2.32. The number of piperidine rings is 1. The van der Waals surface area contributed by atoms with Crippen LogP contribution in [0.15, 0.2) is 73.6 Å². The van der Waals surface area contributed by atoms with Gasteiger partial charge in [0.15, 0.2) is 0 Å². The lowest BCUT2D eigenvalue weighted by Gasteiger charge is -2.37. The molecule has 3 aromatic heterocycles. The van der Waals surface area contributed by atoms with Crippen molar-refractivity contribution in [2.75, 3.05) is 19.7 Å². The van der Waals surface area contributed by atoms with E-state index in [9.17, 15) is 4.79 Å². The van der Waals surface area contributed by atoms with Gasteiger partial charge < -0.3 is 10.1 Å². The third-order valence-electron chi connectivity index (χ3n) is 5.45. The predicted octanol–water partition coefficient (Wildman–Crippen LogP) is 2.71. The molecule has 1 amide bonds. The maximum Gasteiger partial charge on any atom is 0.224 e. The predicted molar refractivity (Wildman–Crippen MR) is 117 cm³/mol. The fraction of sp³-hybridized carbons (Fsp3) is 0.333. The van der Waals surface area contributed by atoms with Crippen molar-refractivity contribution in [3.8, 4) is 5.75 Å². The van der Waals surface area contributed by atoms with Gasteiger partial charge in [-0.25, -0.2) is 0 Å². The maximum atomic E-state index is 13.0. The molecular formula is C24H27N5O2. The smallest absolute Gasteiger partial charge is 0.224 e. The van der Waals surface area contributed by atoms with Gasteiger partial charge in [0.2, 0.25) is 5.91 Å². The summed E-state index contributed by atoms with van der Waals surface area (Å²) in [4.78, 5) is 27.6. The first-order chi connectivity index (χ1) is 15.3. The molecule has 0 saturated carbocycles. The number of nitrogens with zero attached hydrogens (tertiary/aromatic N) is 4. The molecule has 7 heteroatoms. The fourth-order valence-electron chi connectivity index (χ4n) is 3.97. The van der Waals surface area contributed by atoms with Crippen LogP contribution in [0.4, 0.5) is 0 Å². The Morgan fingerprint density at radius 2 is 1.77 bits per heavy atom. The van der Waals surface area contributed by atoms with Gasteiger partial charge in [-0.1, -0.05) is 6.07 Å². The van der Waals surface area contributed by atoms with Crippen molar-refractivity contribution in [3.63, 3.8) is 0 Å². The van der Waals surface area contributed by atoms with Crippen LogP contribution in [-0.2, 0) is 17.9 Å². The zero-order chi connectivity index (χ0) is 21.3. The van der Waals surface area contributed by atoms with E-state index in [1.165, 1.54) is 5.56 Å². The molecule has 0 aliphatic carbocycles. The van der Waals surface area contributed by atoms with Gasteiger partial charge in [0.05, 0.1) is 18.7 Å². The molecule has 1 aliphatic heterocycles. The Morgan fingerprint density at radius 1 is 0.968 bits per heavy atom. The van der Waals surface area contributed by atoms with E-state index in [0.717, 1.165) is 37.4 Å². The SMILES string of the molecule is O=C(NCc1cccnc1)[C@@H]1C[C@H](COc2cccnc2)CN(Cc2ccncc2)C1. The van der Waals surface area contributed by atoms with Crippen molar-refractivity contribution in [2.45, 2.75) is 19.5 Å². The Labute approximate surface area is 182 Å². The van der Waals surface area contributed by atoms with Gasteiger partial charge in [-0.05, 0) is 47.9 Å². The molecule has 7 nitrogen and oxygen atoms in total. The molecule has 0 bridgehead atoms. The molecular weight excluding hydrogens is 390 g/mol. The van der Waals surface area contributed by atoms with E-state index < -0.39 is 0 Å². The second-order valence-corrected chi connectivity index (χ2v) is 7.93. The highest BCUT2D eigenvalue weighted by molar-refractivity contribution is 5.79. The van der Waals surface area contributed by atoms with Crippen molar-refractivity contribution in [1.82, 2.24) is 25.2 Å². The molecule has 1 saturated heterocycles. The van der Waals surface area contributed by atoms with E-state index in [0.29, 0.717) is 13.2 Å². The van der Waals surface area contributed by atoms with Gasteiger partial charge in [-0.2, -0.15) is 0 Å². The molecule has 1 fully saturated rings. The van der Waals surface area contributed by atoms with Crippen LogP contribution in [0.3, 0.4) is 0 Å². The van der Waals surface area contributed by atoms with Crippen LogP contribution in [0.1, 0.15) is 17.5 Å². The van der Waals surface area contributed by atoms with E-state index in [1.54, 1.807) is 37.2 Å². The number of likely N-dealkylation sites (tertiary alicyclic amines) is 1. The quantitative estimate of drug-likeness (QED) is 0.607. The summed E-state index contributed by atoms with van der Waals surface area (Å²) in [6.07, 6.45) is 11.4. The van der Waals surface area contributed by atoms with Crippen molar-refractivity contribution in [3.05, 3.63) is 84.7 Å². The van der Waals surface area contributed by atoms with Crippen molar-refractivity contribution < 1.29 is 9.53 Å². The molecule has 3 aromatic rings. The molecule has 0 radical (unpaired) electrons. The molecule has 4 rings (SSSR count). The molecule has 4 heterocycles. The summed E-state index contributed by atoms with van der Waals surface area (Å²) in [5.41, 5.74) is 2.19. The van der Waals surface area contributed by atoms with E-state index in [4.69, 9.17) is 4.74 Å². The minimum Gasteiger partial charge on any atom is -0.492 e. The summed E-state index contributed by atoms with van der Waals surface area (Å²) in [5.74, 6) is 1.00. The summed E-state index contributed by atoms with van der Waals surface area (Å²) >= 11 is 0. The number of pyridine rings is 3. The first-order valence-electron chi connectivity index (χ1n) is 10.6. The molecule has 160 valence electrons. The standard InChI is InChI=1S/C24H27N5O2/c30-24(28-13-20-3-1-7-26-12-20)22-11-21(18-31-23-4-2-8-27-14-23)16-29(17-22)15-19-5-9-25-10-6-19/h1-10,12,14,21-22H,11,13,15-18H2,(H,28,30)/t21-,22+/m0/s1. The Bertz CT molecular complexity index is 940. The second kappa shape index (κ2) is 10.6. The average Bonchev–Trinajstić information content (AvgIpc) is 2.83. The van der Waals surface area contributed by atoms with Crippen molar-refractivity contribution >= 4 is 5.91 Å². The highest BCUT2D eigenvalue weighted by Crippen LogP contribution is 2.25. The number of carbonyl (C=O) groups is 1. The third-order valence-corrected chi connectivity index (χ3v) is 5.45. The molecule has 0 aromatic carbocycles. The molecule has 2 atom stereocenters. The largest absolute Gasteiger partial charge is 0.492 e. The lowest BCUT2D eigenvalue weighted by molar-refractivity contribution is -0.128. The number of carbonyl (C=O) groups excluding carboxylic acids is 1. The van der Waals surface area contributed by atoms with E-state index in [2.05, 4.69) is 25.2 Å². The molecule has 0 spiro atoms. The lowest BCUT2D eigenvalue weighted by Crippen LogP contribution is -2.47. The Morgan fingerprint density at radius 3 is 2.52 bits per heavy atom. The Kier molecular flexibility index (Phi) is 7.18. The van der Waals surface area contributed by atoms with Gasteiger partial charge in [0.1, 0.15) is 5.75 Å². The number of aromatic nitrogens is 3. The van der Waals surface area contributed by atoms with Crippen LogP contribution in [0.25, 0.3) is 0 Å². The third kappa shape index (κ3) is 6.33. The summed E-state index contributed by atoms with van der Waals surface area (Å²) in [7, 11) is 0. The van der Waals surface area contributed by atoms with Crippen LogP contribution in [0, 0.1) is 11.8 Å². The summed E-state index contributed by atoms with van der Waals surface area (Å²) in [6, 6.07) is 11.7. The van der Waals surface area contributed by atoms with E-state index in [1.807, 2.05) is 36.4 Å². The topological polar surface area (TPSA) is 80.2 Å². The molecule has 31 heavy (non-hydrogen) atoms. The van der Waals surface area contributed by atoms with E-state index in [-0.39, 0.29) is 17.7 Å². The highest BCUT2D eigenvalue weighted by atomic mass is 16.5. The Balaban J connectivity index is 1.39. The maximum absolute atomic E-state index is 13.0. The van der Waals surface area contributed by atoms with Gasteiger partial charge in [0.25, 0.3) is 0 Å². The molecule has 1 N–H and O–H groups in total. The fourth-order valence-corrected chi connectivity index (χ4v) is 3.97. The molecule has 1 aliphatic rings. The number of amides is 1. The van der Waals surface area contributed by atoms with E-state index >= 15 is 0 Å². The van der Waals surface area contributed by atoms with Crippen LogP contribution in [0.5, 0.6) is 5.75 Å². The van der Waals surface area contributed by atoms with Crippen LogP contribution in [-0.4, -0.2) is 45.5 Å². The number of nitrogens with one attached hydrogen (secondary N) is 1. The Hall–Kier alpha value is -3.32. The normalized spacial score (nSPS) is 19.0. The van der Waals surface area contributed by atoms with Gasteiger partial charge >= 0.3 is 0 Å². The van der Waals surface area contributed by atoms with Crippen molar-refractivity contribution in [1.29, 1.82) is 0 Å². The zero-order valence-corrected chi connectivity index (χ0v) is 17.4. The average molecular weight is 418 g/mol. The number of hydrogen-bond acceptors (Lipinski definition) is 6.